The minimum absolute atomic E-state index is 0.0393. The summed E-state index contributed by atoms with van der Waals surface area (Å²) in [5.74, 6) is 1.31. The number of methoxy groups -OCH3 is 2. The molecule has 0 spiro atoms. The van der Waals surface area contributed by atoms with Gasteiger partial charge in [-0.25, -0.2) is 0 Å². The van der Waals surface area contributed by atoms with Gasteiger partial charge in [-0.15, -0.1) is 0 Å². The second-order valence-corrected chi connectivity index (χ2v) is 5.52. The Morgan fingerprint density at radius 2 is 2.00 bits per heavy atom. The van der Waals surface area contributed by atoms with Crippen molar-refractivity contribution in [3.05, 3.63) is 29.8 Å². The van der Waals surface area contributed by atoms with Gasteiger partial charge in [0.1, 0.15) is 0 Å². The molecule has 0 aliphatic rings. The highest BCUT2D eigenvalue weighted by molar-refractivity contribution is 5.91. The maximum absolute atomic E-state index is 12.0. The topological polar surface area (TPSA) is 48.0 Å². The SMILES string of the molecule is COCCCN(C)C(=O)/C=C/c1ccc(OC(C)C)c(OC)c1. The van der Waals surface area contributed by atoms with Crippen molar-refractivity contribution in [1.82, 2.24) is 4.90 Å². The highest BCUT2D eigenvalue weighted by Gasteiger charge is 2.07. The van der Waals surface area contributed by atoms with Crippen LogP contribution in [0.15, 0.2) is 24.3 Å². The van der Waals surface area contributed by atoms with Gasteiger partial charge in [-0.05, 0) is 44.0 Å². The van der Waals surface area contributed by atoms with E-state index in [1.54, 1.807) is 38.3 Å². The van der Waals surface area contributed by atoms with E-state index in [-0.39, 0.29) is 12.0 Å². The average molecular weight is 321 g/mol. The second kappa shape index (κ2) is 9.90. The first-order valence-corrected chi connectivity index (χ1v) is 7.74. The molecule has 1 rings (SSSR count). The summed E-state index contributed by atoms with van der Waals surface area (Å²) < 4.78 is 16.0. The molecule has 0 saturated heterocycles. The van der Waals surface area contributed by atoms with Gasteiger partial charge >= 0.3 is 0 Å². The lowest BCUT2D eigenvalue weighted by molar-refractivity contribution is -0.124. The third-order valence-electron chi connectivity index (χ3n) is 3.19. The Morgan fingerprint density at radius 1 is 1.26 bits per heavy atom. The van der Waals surface area contributed by atoms with Crippen molar-refractivity contribution in [3.63, 3.8) is 0 Å². The fourth-order valence-electron chi connectivity index (χ4n) is 1.99. The number of hydrogen-bond acceptors (Lipinski definition) is 4. The fourth-order valence-corrected chi connectivity index (χ4v) is 1.99. The summed E-state index contributed by atoms with van der Waals surface area (Å²) in [6.45, 7) is 5.24. The Labute approximate surface area is 138 Å². The van der Waals surface area contributed by atoms with Gasteiger partial charge in [-0.1, -0.05) is 6.07 Å². The number of amides is 1. The number of nitrogens with zero attached hydrogens (tertiary/aromatic N) is 1. The highest BCUT2D eigenvalue weighted by Crippen LogP contribution is 2.29. The molecule has 0 unspecified atom stereocenters. The van der Waals surface area contributed by atoms with E-state index < -0.39 is 0 Å². The number of hydrogen-bond donors (Lipinski definition) is 0. The molecule has 23 heavy (non-hydrogen) atoms. The first kappa shape index (κ1) is 19.0. The molecule has 0 atom stereocenters. The first-order valence-electron chi connectivity index (χ1n) is 7.74. The molecule has 0 aliphatic carbocycles. The van der Waals surface area contributed by atoms with Crippen molar-refractivity contribution in [2.45, 2.75) is 26.4 Å². The summed E-state index contributed by atoms with van der Waals surface area (Å²) in [4.78, 5) is 13.7. The van der Waals surface area contributed by atoms with Crippen LogP contribution in [0.4, 0.5) is 0 Å². The van der Waals surface area contributed by atoms with Crippen LogP contribution < -0.4 is 9.47 Å². The molecule has 0 N–H and O–H groups in total. The summed E-state index contributed by atoms with van der Waals surface area (Å²) in [5.41, 5.74) is 0.886. The average Bonchev–Trinajstić information content (AvgIpc) is 2.53. The third-order valence-corrected chi connectivity index (χ3v) is 3.19. The Hall–Kier alpha value is -2.01. The second-order valence-electron chi connectivity index (χ2n) is 5.52. The van der Waals surface area contributed by atoms with E-state index in [4.69, 9.17) is 14.2 Å². The molecular formula is C18H27NO4. The molecule has 1 amide bonds. The number of benzene rings is 1. The Kier molecular flexibility index (Phi) is 8.19. The largest absolute Gasteiger partial charge is 0.493 e. The number of likely N-dealkylation sites (N-methyl/N-ethyl adjacent to an activating group) is 1. The van der Waals surface area contributed by atoms with Crippen LogP contribution in [0.5, 0.6) is 11.5 Å². The van der Waals surface area contributed by atoms with Gasteiger partial charge in [0.15, 0.2) is 11.5 Å². The minimum atomic E-state index is -0.0393. The zero-order chi connectivity index (χ0) is 17.2. The Morgan fingerprint density at radius 3 is 2.61 bits per heavy atom. The van der Waals surface area contributed by atoms with E-state index in [9.17, 15) is 4.79 Å². The van der Waals surface area contributed by atoms with Gasteiger partial charge in [-0.3, -0.25) is 4.79 Å². The van der Waals surface area contributed by atoms with E-state index >= 15 is 0 Å². The van der Waals surface area contributed by atoms with Crippen LogP contribution in [-0.4, -0.2) is 51.3 Å². The van der Waals surface area contributed by atoms with Crippen LogP contribution in [0.1, 0.15) is 25.8 Å². The van der Waals surface area contributed by atoms with Gasteiger partial charge in [0.25, 0.3) is 0 Å². The molecule has 0 bridgehead atoms. The van der Waals surface area contributed by atoms with E-state index in [0.717, 1.165) is 12.0 Å². The molecule has 1 aromatic rings. The van der Waals surface area contributed by atoms with Crippen LogP contribution in [0, 0.1) is 0 Å². The van der Waals surface area contributed by atoms with Gasteiger partial charge in [0.05, 0.1) is 13.2 Å². The molecule has 0 heterocycles. The number of rotatable bonds is 9. The zero-order valence-corrected chi connectivity index (χ0v) is 14.7. The van der Waals surface area contributed by atoms with Crippen molar-refractivity contribution in [3.8, 4) is 11.5 Å². The van der Waals surface area contributed by atoms with Crippen LogP contribution in [0.2, 0.25) is 0 Å². The van der Waals surface area contributed by atoms with E-state index in [1.165, 1.54) is 0 Å². The van der Waals surface area contributed by atoms with Crippen molar-refractivity contribution in [2.75, 3.05) is 34.4 Å². The Bertz CT molecular complexity index is 526. The molecule has 1 aromatic carbocycles. The predicted octanol–water partition coefficient (Wildman–Crippen LogP) is 2.99. The zero-order valence-electron chi connectivity index (χ0n) is 14.7. The molecule has 0 saturated carbocycles. The number of carbonyl (C=O) groups excluding carboxylic acids is 1. The molecular weight excluding hydrogens is 294 g/mol. The standard InChI is InChI=1S/C18H27NO4/c1-14(2)23-16-9-7-15(13-17(16)22-5)8-10-18(20)19(3)11-6-12-21-4/h7-10,13-14H,6,11-12H2,1-5H3/b10-8+. The maximum atomic E-state index is 12.0. The van der Waals surface area contributed by atoms with Crippen LogP contribution in [-0.2, 0) is 9.53 Å². The van der Waals surface area contributed by atoms with Gasteiger partial charge in [0.2, 0.25) is 5.91 Å². The van der Waals surface area contributed by atoms with Crippen molar-refractivity contribution in [1.29, 1.82) is 0 Å². The van der Waals surface area contributed by atoms with Crippen molar-refractivity contribution in [2.24, 2.45) is 0 Å². The molecule has 0 radical (unpaired) electrons. The Balaban J connectivity index is 2.70. The fraction of sp³-hybridized carbons (Fsp3) is 0.500. The quantitative estimate of drug-likeness (QED) is 0.518. The van der Waals surface area contributed by atoms with Crippen LogP contribution in [0.3, 0.4) is 0 Å². The summed E-state index contributed by atoms with van der Waals surface area (Å²) >= 11 is 0. The smallest absolute Gasteiger partial charge is 0.246 e. The lowest BCUT2D eigenvalue weighted by atomic mass is 10.2. The van der Waals surface area contributed by atoms with Gasteiger partial charge in [0, 0.05) is 33.4 Å². The van der Waals surface area contributed by atoms with Gasteiger partial charge < -0.3 is 19.1 Å². The molecule has 5 nitrogen and oxygen atoms in total. The lowest BCUT2D eigenvalue weighted by Gasteiger charge is -2.15. The molecule has 0 aromatic heterocycles. The van der Waals surface area contributed by atoms with Crippen molar-refractivity contribution >= 4 is 12.0 Å². The molecule has 0 fully saturated rings. The molecule has 5 heteroatoms. The number of ether oxygens (including phenoxy) is 3. The van der Waals surface area contributed by atoms with Crippen LogP contribution >= 0.6 is 0 Å². The summed E-state index contributed by atoms with van der Waals surface area (Å²) in [7, 11) is 5.04. The normalized spacial score (nSPS) is 11.0. The van der Waals surface area contributed by atoms with E-state index in [0.29, 0.717) is 24.7 Å². The van der Waals surface area contributed by atoms with Crippen molar-refractivity contribution < 1.29 is 19.0 Å². The van der Waals surface area contributed by atoms with Gasteiger partial charge in [-0.2, -0.15) is 0 Å². The van der Waals surface area contributed by atoms with Crippen LogP contribution in [0.25, 0.3) is 6.08 Å². The predicted molar refractivity (Wildman–Crippen MR) is 91.9 cm³/mol. The molecule has 0 aliphatic heterocycles. The van der Waals surface area contributed by atoms with E-state index in [1.807, 2.05) is 32.0 Å². The minimum Gasteiger partial charge on any atom is -0.493 e. The molecule has 128 valence electrons. The lowest BCUT2D eigenvalue weighted by Crippen LogP contribution is -2.26. The highest BCUT2D eigenvalue weighted by atomic mass is 16.5. The third kappa shape index (κ3) is 6.74. The summed E-state index contributed by atoms with van der Waals surface area (Å²) in [6, 6.07) is 5.60. The first-order chi connectivity index (χ1) is 11.0. The summed E-state index contributed by atoms with van der Waals surface area (Å²) in [5, 5.41) is 0. The monoisotopic (exact) mass is 321 g/mol. The maximum Gasteiger partial charge on any atom is 0.246 e. The number of carbonyl (C=O) groups is 1. The summed E-state index contributed by atoms with van der Waals surface area (Å²) in [6.07, 6.45) is 4.23. The van der Waals surface area contributed by atoms with E-state index in [2.05, 4.69) is 0 Å².